The number of nitrogen functional groups attached to an aromatic ring is 1. The summed E-state index contributed by atoms with van der Waals surface area (Å²) in [6.45, 7) is 4.73. The van der Waals surface area contributed by atoms with Gasteiger partial charge in [0.05, 0.1) is 6.04 Å². The highest BCUT2D eigenvalue weighted by Crippen LogP contribution is 2.29. The predicted molar refractivity (Wildman–Crippen MR) is 110 cm³/mol. The van der Waals surface area contributed by atoms with E-state index in [2.05, 4.69) is 63.6 Å². The molecule has 0 bridgehead atoms. The first-order chi connectivity index (χ1) is 13.6. The average molecular weight is 376 g/mol. The minimum absolute atomic E-state index is 0.189. The first-order valence-corrected chi connectivity index (χ1v) is 9.45. The summed E-state index contributed by atoms with van der Waals surface area (Å²) in [5, 5.41) is 8.09. The molecule has 0 radical (unpaired) electrons. The minimum Gasteiger partial charge on any atom is -0.337 e. The Labute approximate surface area is 164 Å². The van der Waals surface area contributed by atoms with Crippen LogP contribution in [0.5, 0.6) is 0 Å². The molecular weight excluding hydrogens is 352 g/mol. The number of aromatic nitrogens is 3. The molecule has 7 heteroatoms. The predicted octanol–water partition coefficient (Wildman–Crippen LogP) is 1.57. The van der Waals surface area contributed by atoms with Gasteiger partial charge in [0.25, 0.3) is 5.56 Å². The van der Waals surface area contributed by atoms with Gasteiger partial charge in [0.2, 0.25) is 5.95 Å². The smallest absolute Gasteiger partial charge is 0.295 e. The van der Waals surface area contributed by atoms with Gasteiger partial charge in [-0.2, -0.15) is 4.68 Å². The number of rotatable bonds is 4. The van der Waals surface area contributed by atoms with Crippen LogP contribution in [0.15, 0.2) is 65.5 Å². The van der Waals surface area contributed by atoms with Gasteiger partial charge in [0, 0.05) is 26.2 Å². The fourth-order valence-electron chi connectivity index (χ4n) is 3.76. The maximum atomic E-state index is 12.1. The third kappa shape index (κ3) is 3.48. The van der Waals surface area contributed by atoms with E-state index in [4.69, 9.17) is 5.84 Å². The summed E-state index contributed by atoms with van der Waals surface area (Å²) in [6, 6.07) is 21.3. The van der Waals surface area contributed by atoms with Crippen molar-refractivity contribution in [3.05, 3.63) is 87.8 Å². The van der Waals surface area contributed by atoms with Crippen molar-refractivity contribution in [2.75, 3.05) is 36.9 Å². The molecule has 0 amide bonds. The van der Waals surface area contributed by atoms with Crippen LogP contribution in [0.3, 0.4) is 0 Å². The second-order valence-corrected chi connectivity index (χ2v) is 7.01. The molecule has 1 fully saturated rings. The van der Waals surface area contributed by atoms with Gasteiger partial charge in [-0.3, -0.25) is 9.69 Å². The number of aryl methyl sites for hydroxylation is 1. The normalized spacial score (nSPS) is 15.1. The number of nitrogens with two attached hydrogens (primary N) is 1. The van der Waals surface area contributed by atoms with Gasteiger partial charge >= 0.3 is 0 Å². The summed E-state index contributed by atoms with van der Waals surface area (Å²) < 4.78 is 1.10. The molecule has 0 atom stereocenters. The number of nitrogens with zero attached hydrogens (tertiary/aromatic N) is 5. The molecule has 0 saturated carbocycles. The molecule has 0 unspecified atom stereocenters. The van der Waals surface area contributed by atoms with Crippen molar-refractivity contribution in [3.8, 4) is 0 Å². The maximum Gasteiger partial charge on any atom is 0.295 e. The summed E-state index contributed by atoms with van der Waals surface area (Å²) in [5.41, 5.74) is 2.54. The molecule has 7 nitrogen and oxygen atoms in total. The second-order valence-electron chi connectivity index (χ2n) is 7.01. The third-order valence-corrected chi connectivity index (χ3v) is 5.23. The number of hydrogen-bond acceptors (Lipinski definition) is 6. The molecule has 1 aromatic heterocycles. The lowest BCUT2D eigenvalue weighted by atomic mass is 9.96. The van der Waals surface area contributed by atoms with Crippen molar-refractivity contribution in [1.82, 2.24) is 19.8 Å². The van der Waals surface area contributed by atoms with Crippen LogP contribution in [-0.4, -0.2) is 46.0 Å². The Hall–Kier alpha value is -3.19. The van der Waals surface area contributed by atoms with E-state index < -0.39 is 0 Å². The van der Waals surface area contributed by atoms with Gasteiger partial charge < -0.3 is 10.7 Å². The van der Waals surface area contributed by atoms with Crippen molar-refractivity contribution >= 4 is 5.95 Å². The zero-order valence-electron chi connectivity index (χ0n) is 15.9. The fraction of sp³-hybridized carbons (Fsp3) is 0.286. The van der Waals surface area contributed by atoms with Gasteiger partial charge in [-0.15, -0.1) is 10.2 Å². The van der Waals surface area contributed by atoms with Crippen LogP contribution in [-0.2, 0) is 0 Å². The average Bonchev–Trinajstić information content (AvgIpc) is 2.75. The summed E-state index contributed by atoms with van der Waals surface area (Å²) in [5.74, 6) is 6.36. The second kappa shape index (κ2) is 7.82. The van der Waals surface area contributed by atoms with Crippen LogP contribution in [0.2, 0.25) is 0 Å². The highest BCUT2D eigenvalue weighted by atomic mass is 16.1. The zero-order valence-corrected chi connectivity index (χ0v) is 15.9. The number of anilines is 1. The van der Waals surface area contributed by atoms with Gasteiger partial charge in [0.15, 0.2) is 0 Å². The van der Waals surface area contributed by atoms with Gasteiger partial charge in [-0.1, -0.05) is 60.7 Å². The van der Waals surface area contributed by atoms with Crippen LogP contribution in [0.1, 0.15) is 22.9 Å². The Morgan fingerprint density at radius 1 is 0.857 bits per heavy atom. The van der Waals surface area contributed by atoms with Crippen LogP contribution in [0, 0.1) is 6.92 Å². The molecule has 28 heavy (non-hydrogen) atoms. The highest BCUT2D eigenvalue weighted by Gasteiger charge is 2.28. The number of benzene rings is 2. The maximum absolute atomic E-state index is 12.1. The Kier molecular flexibility index (Phi) is 5.08. The molecule has 144 valence electrons. The van der Waals surface area contributed by atoms with E-state index in [1.54, 1.807) is 6.92 Å². The molecule has 1 aliphatic heterocycles. The molecule has 3 aromatic rings. The largest absolute Gasteiger partial charge is 0.337 e. The van der Waals surface area contributed by atoms with Gasteiger partial charge in [-0.05, 0) is 18.1 Å². The topological polar surface area (TPSA) is 80.3 Å². The van der Waals surface area contributed by atoms with Crippen molar-refractivity contribution in [3.63, 3.8) is 0 Å². The minimum atomic E-state index is -0.307. The zero-order chi connectivity index (χ0) is 19.5. The summed E-state index contributed by atoms with van der Waals surface area (Å²) in [7, 11) is 0. The molecule has 0 aliphatic carbocycles. The van der Waals surface area contributed by atoms with E-state index in [-0.39, 0.29) is 11.6 Å². The van der Waals surface area contributed by atoms with E-state index in [0.29, 0.717) is 11.6 Å². The molecular formula is C21H24N6O. The summed E-state index contributed by atoms with van der Waals surface area (Å²) in [4.78, 5) is 16.6. The van der Waals surface area contributed by atoms with Crippen molar-refractivity contribution in [2.45, 2.75) is 13.0 Å². The standard InChI is InChI=1S/C21H24N6O/c1-16-20(28)27(22)21(24-23-16)26-14-12-25(13-15-26)19(17-8-4-2-5-9-17)18-10-6-3-7-11-18/h2-11,19H,12-15,22H2,1H3. The van der Waals surface area contributed by atoms with E-state index in [1.165, 1.54) is 11.1 Å². The lowest BCUT2D eigenvalue weighted by Crippen LogP contribution is -2.50. The first-order valence-electron chi connectivity index (χ1n) is 9.45. The fourth-order valence-corrected chi connectivity index (χ4v) is 3.76. The molecule has 2 aromatic carbocycles. The summed E-state index contributed by atoms with van der Waals surface area (Å²) in [6.07, 6.45) is 0. The molecule has 2 heterocycles. The van der Waals surface area contributed by atoms with E-state index in [9.17, 15) is 4.79 Å². The lowest BCUT2D eigenvalue weighted by Gasteiger charge is -2.40. The third-order valence-electron chi connectivity index (χ3n) is 5.23. The first kappa shape index (κ1) is 18.2. The number of piperazine rings is 1. The highest BCUT2D eigenvalue weighted by molar-refractivity contribution is 5.34. The molecule has 1 saturated heterocycles. The van der Waals surface area contributed by atoms with Crippen LogP contribution in [0.4, 0.5) is 5.95 Å². The Morgan fingerprint density at radius 2 is 1.39 bits per heavy atom. The molecule has 2 N–H and O–H groups in total. The Balaban J connectivity index is 1.57. The van der Waals surface area contributed by atoms with Gasteiger partial charge in [-0.25, -0.2) is 0 Å². The molecule has 1 aliphatic rings. The van der Waals surface area contributed by atoms with Crippen LogP contribution < -0.4 is 16.3 Å². The van der Waals surface area contributed by atoms with Crippen molar-refractivity contribution < 1.29 is 0 Å². The Bertz CT molecular complexity index is 941. The van der Waals surface area contributed by atoms with Crippen LogP contribution >= 0.6 is 0 Å². The lowest BCUT2D eigenvalue weighted by molar-refractivity contribution is 0.211. The summed E-state index contributed by atoms with van der Waals surface area (Å²) >= 11 is 0. The molecule has 4 rings (SSSR count). The molecule has 0 spiro atoms. The van der Waals surface area contributed by atoms with E-state index >= 15 is 0 Å². The Morgan fingerprint density at radius 3 is 1.93 bits per heavy atom. The van der Waals surface area contributed by atoms with E-state index in [0.717, 1.165) is 30.9 Å². The van der Waals surface area contributed by atoms with E-state index in [1.807, 2.05) is 17.0 Å². The quantitative estimate of drug-likeness (QED) is 0.697. The van der Waals surface area contributed by atoms with Crippen LogP contribution in [0.25, 0.3) is 0 Å². The van der Waals surface area contributed by atoms with Crippen molar-refractivity contribution in [1.29, 1.82) is 0 Å². The SMILES string of the molecule is Cc1nnc(N2CCN(C(c3ccccc3)c3ccccc3)CC2)n(N)c1=O. The van der Waals surface area contributed by atoms with Crippen molar-refractivity contribution in [2.24, 2.45) is 0 Å². The monoisotopic (exact) mass is 376 g/mol. The number of hydrogen-bond donors (Lipinski definition) is 1. The van der Waals surface area contributed by atoms with Gasteiger partial charge in [0.1, 0.15) is 5.69 Å².